The Morgan fingerprint density at radius 2 is 2.33 bits per heavy atom. The van der Waals surface area contributed by atoms with Crippen LogP contribution < -0.4 is 5.32 Å². The first-order valence-electron chi connectivity index (χ1n) is 5.74. The van der Waals surface area contributed by atoms with Crippen molar-refractivity contribution >= 4 is 23.4 Å². The van der Waals surface area contributed by atoms with Crippen molar-refractivity contribution in [1.29, 1.82) is 0 Å². The highest BCUT2D eigenvalue weighted by atomic mass is 35.5. The van der Waals surface area contributed by atoms with Crippen molar-refractivity contribution in [2.45, 2.75) is 19.4 Å². The van der Waals surface area contributed by atoms with Gasteiger partial charge in [0.15, 0.2) is 0 Å². The lowest BCUT2D eigenvalue weighted by Gasteiger charge is -2.16. The Kier molecular flexibility index (Phi) is 3.81. The lowest BCUT2D eigenvalue weighted by atomic mass is 10.2. The summed E-state index contributed by atoms with van der Waals surface area (Å²) in [5, 5.41) is 3.12. The third kappa shape index (κ3) is 2.98. The number of halogens is 1. The maximum Gasteiger partial charge on any atom is 0.254 e. The lowest BCUT2D eigenvalue weighted by molar-refractivity contribution is -0.119. The number of nitrogens with one attached hydrogen (secondary N) is 1. The van der Waals surface area contributed by atoms with Crippen LogP contribution in [-0.4, -0.2) is 40.8 Å². The fraction of sp³-hybridized carbons (Fsp3) is 0.417. The van der Waals surface area contributed by atoms with Crippen molar-refractivity contribution in [3.63, 3.8) is 0 Å². The molecule has 6 heteroatoms. The summed E-state index contributed by atoms with van der Waals surface area (Å²) in [6, 6.07) is 3.24. The zero-order valence-corrected chi connectivity index (χ0v) is 10.8. The summed E-state index contributed by atoms with van der Waals surface area (Å²) in [5.74, 6) is -0.145. The second-order valence-electron chi connectivity index (χ2n) is 4.30. The highest BCUT2D eigenvalue weighted by Crippen LogP contribution is 2.15. The van der Waals surface area contributed by atoms with Gasteiger partial charge in [-0.3, -0.25) is 9.59 Å². The number of carbonyl (C=O) groups excluding carboxylic acids is 2. The maximum absolute atomic E-state index is 12.2. The molecule has 2 heterocycles. The molecule has 0 spiro atoms. The molecule has 1 aliphatic rings. The summed E-state index contributed by atoms with van der Waals surface area (Å²) in [4.78, 5) is 28.7. The van der Waals surface area contributed by atoms with Crippen LogP contribution in [0.2, 0.25) is 5.15 Å². The van der Waals surface area contributed by atoms with Crippen molar-refractivity contribution in [3.8, 4) is 0 Å². The third-order valence-electron chi connectivity index (χ3n) is 2.86. The summed E-state index contributed by atoms with van der Waals surface area (Å²) in [7, 11) is 0. The lowest BCUT2D eigenvalue weighted by Crippen LogP contribution is -2.37. The van der Waals surface area contributed by atoms with E-state index in [4.69, 9.17) is 11.6 Å². The average molecular weight is 268 g/mol. The minimum absolute atomic E-state index is 0.0451. The van der Waals surface area contributed by atoms with Crippen LogP contribution in [0.1, 0.15) is 23.7 Å². The topological polar surface area (TPSA) is 62.3 Å². The molecule has 1 aromatic rings. The molecule has 1 atom stereocenters. The van der Waals surface area contributed by atoms with E-state index in [2.05, 4.69) is 10.3 Å². The smallest absolute Gasteiger partial charge is 0.254 e. The van der Waals surface area contributed by atoms with Crippen molar-refractivity contribution < 1.29 is 9.59 Å². The van der Waals surface area contributed by atoms with E-state index in [1.165, 1.54) is 13.1 Å². The molecular formula is C12H14ClN3O2. The Bertz CT molecular complexity index is 478. The molecule has 1 saturated heterocycles. The van der Waals surface area contributed by atoms with Gasteiger partial charge in [0.1, 0.15) is 5.15 Å². The number of pyridine rings is 1. The van der Waals surface area contributed by atoms with E-state index in [0.29, 0.717) is 23.8 Å². The number of amides is 2. The van der Waals surface area contributed by atoms with E-state index in [-0.39, 0.29) is 17.9 Å². The van der Waals surface area contributed by atoms with Crippen LogP contribution in [-0.2, 0) is 4.79 Å². The first-order valence-corrected chi connectivity index (χ1v) is 6.12. The minimum Gasteiger partial charge on any atom is -0.352 e. The molecule has 2 amide bonds. The number of hydrogen-bond donors (Lipinski definition) is 1. The van der Waals surface area contributed by atoms with Gasteiger partial charge in [-0.1, -0.05) is 11.6 Å². The Morgan fingerprint density at radius 3 is 3.00 bits per heavy atom. The molecule has 0 saturated carbocycles. The normalized spacial score (nSPS) is 18.8. The zero-order valence-electron chi connectivity index (χ0n) is 10.0. The van der Waals surface area contributed by atoms with Crippen LogP contribution in [0.3, 0.4) is 0 Å². The predicted octanol–water partition coefficient (Wildman–Crippen LogP) is 1.09. The molecule has 2 rings (SSSR count). The van der Waals surface area contributed by atoms with Gasteiger partial charge in [-0.2, -0.15) is 0 Å². The first kappa shape index (κ1) is 12.8. The SMILES string of the molecule is CC(=O)NC1CCN(C(=O)c2ccnc(Cl)c2)C1. The summed E-state index contributed by atoms with van der Waals surface area (Å²) in [5.41, 5.74) is 0.526. The third-order valence-corrected chi connectivity index (χ3v) is 3.06. The second-order valence-corrected chi connectivity index (χ2v) is 4.69. The molecular weight excluding hydrogens is 254 g/mol. The summed E-state index contributed by atoms with van der Waals surface area (Å²) >= 11 is 5.75. The van der Waals surface area contributed by atoms with E-state index in [1.807, 2.05) is 0 Å². The van der Waals surface area contributed by atoms with Crippen molar-refractivity contribution in [3.05, 3.63) is 29.0 Å². The standard InChI is InChI=1S/C12H14ClN3O2/c1-8(17)15-10-3-5-16(7-10)12(18)9-2-4-14-11(13)6-9/h2,4,6,10H,3,5,7H2,1H3,(H,15,17). The minimum atomic E-state index is -0.0767. The quantitative estimate of drug-likeness (QED) is 0.816. The second kappa shape index (κ2) is 5.35. The number of hydrogen-bond acceptors (Lipinski definition) is 3. The number of nitrogens with zero attached hydrogens (tertiary/aromatic N) is 2. The van der Waals surface area contributed by atoms with Crippen molar-refractivity contribution in [2.24, 2.45) is 0 Å². The largest absolute Gasteiger partial charge is 0.352 e. The van der Waals surface area contributed by atoms with Crippen LogP contribution in [0.25, 0.3) is 0 Å². The Balaban J connectivity index is 2.01. The Labute approximate surface area is 110 Å². The van der Waals surface area contributed by atoms with E-state index >= 15 is 0 Å². The number of carbonyl (C=O) groups is 2. The molecule has 0 radical (unpaired) electrons. The van der Waals surface area contributed by atoms with Gasteiger partial charge >= 0.3 is 0 Å². The fourth-order valence-electron chi connectivity index (χ4n) is 2.07. The van der Waals surface area contributed by atoms with E-state index in [0.717, 1.165) is 6.42 Å². The van der Waals surface area contributed by atoms with E-state index in [9.17, 15) is 9.59 Å². The van der Waals surface area contributed by atoms with E-state index in [1.54, 1.807) is 17.0 Å². The van der Waals surface area contributed by atoms with Crippen LogP contribution in [0, 0.1) is 0 Å². The van der Waals surface area contributed by atoms with Gasteiger partial charge in [0, 0.05) is 37.8 Å². The highest BCUT2D eigenvalue weighted by Gasteiger charge is 2.27. The molecule has 1 aromatic heterocycles. The average Bonchev–Trinajstić information content (AvgIpc) is 2.75. The Hall–Kier alpha value is -1.62. The molecule has 5 nitrogen and oxygen atoms in total. The molecule has 96 valence electrons. The molecule has 1 fully saturated rings. The van der Waals surface area contributed by atoms with Crippen LogP contribution in [0.5, 0.6) is 0 Å². The van der Waals surface area contributed by atoms with Gasteiger partial charge in [0.25, 0.3) is 5.91 Å². The fourth-order valence-corrected chi connectivity index (χ4v) is 2.24. The van der Waals surface area contributed by atoms with Gasteiger partial charge in [-0.05, 0) is 18.6 Å². The van der Waals surface area contributed by atoms with Crippen molar-refractivity contribution in [2.75, 3.05) is 13.1 Å². The van der Waals surface area contributed by atoms with Crippen molar-refractivity contribution in [1.82, 2.24) is 15.2 Å². The van der Waals surface area contributed by atoms with Gasteiger partial charge in [-0.25, -0.2) is 4.98 Å². The molecule has 0 aromatic carbocycles. The summed E-state index contributed by atoms with van der Waals surface area (Å²) < 4.78 is 0. The molecule has 0 aliphatic carbocycles. The molecule has 1 N–H and O–H groups in total. The number of likely N-dealkylation sites (tertiary alicyclic amines) is 1. The van der Waals surface area contributed by atoms with Crippen LogP contribution in [0.4, 0.5) is 0 Å². The molecule has 0 bridgehead atoms. The summed E-state index contributed by atoms with van der Waals surface area (Å²) in [6.45, 7) is 2.66. The van der Waals surface area contributed by atoms with Gasteiger partial charge in [0.05, 0.1) is 0 Å². The van der Waals surface area contributed by atoms with Crippen LogP contribution >= 0.6 is 11.6 Å². The van der Waals surface area contributed by atoms with Gasteiger partial charge in [0.2, 0.25) is 5.91 Å². The molecule has 1 unspecified atom stereocenters. The number of rotatable bonds is 2. The van der Waals surface area contributed by atoms with E-state index < -0.39 is 0 Å². The molecule has 18 heavy (non-hydrogen) atoms. The number of aromatic nitrogens is 1. The summed E-state index contributed by atoms with van der Waals surface area (Å²) in [6.07, 6.45) is 2.29. The monoisotopic (exact) mass is 267 g/mol. The highest BCUT2D eigenvalue weighted by molar-refractivity contribution is 6.29. The predicted molar refractivity (Wildman–Crippen MR) is 67.4 cm³/mol. The Morgan fingerprint density at radius 1 is 1.56 bits per heavy atom. The van der Waals surface area contributed by atoms with Gasteiger partial charge < -0.3 is 10.2 Å². The van der Waals surface area contributed by atoms with Gasteiger partial charge in [-0.15, -0.1) is 0 Å². The first-order chi connectivity index (χ1) is 8.56. The molecule has 1 aliphatic heterocycles. The maximum atomic E-state index is 12.2. The zero-order chi connectivity index (χ0) is 13.1. The van der Waals surface area contributed by atoms with Crippen LogP contribution in [0.15, 0.2) is 18.3 Å².